The predicted molar refractivity (Wildman–Crippen MR) is 65.6 cm³/mol. The molecule has 2 aromatic rings. The van der Waals surface area contributed by atoms with Gasteiger partial charge in [0.1, 0.15) is 4.83 Å². The second kappa shape index (κ2) is 3.89. The first kappa shape index (κ1) is 10.6. The Bertz CT molecular complexity index is 471. The summed E-state index contributed by atoms with van der Waals surface area (Å²) in [6.45, 7) is 8.81. The Balaban J connectivity index is 2.75. The minimum atomic E-state index is 0.473. The second-order valence-corrected chi connectivity index (χ2v) is 5.21. The van der Waals surface area contributed by atoms with Gasteiger partial charge in [-0.3, -0.25) is 0 Å². The van der Waals surface area contributed by atoms with Crippen LogP contribution in [0, 0.1) is 0 Å². The summed E-state index contributed by atoms with van der Waals surface area (Å²) in [5.74, 6) is 1.00. The van der Waals surface area contributed by atoms with Gasteiger partial charge in [-0.05, 0) is 35.0 Å². The van der Waals surface area contributed by atoms with E-state index in [1.54, 1.807) is 0 Å². The third-order valence-electron chi connectivity index (χ3n) is 2.60. The number of pyridine rings is 1. The number of hydrogen-bond donors (Lipinski definition) is 0. The number of aromatic nitrogens is 2. The van der Waals surface area contributed by atoms with Gasteiger partial charge in [-0.25, -0.2) is 4.98 Å². The quantitative estimate of drug-likeness (QED) is 0.766. The van der Waals surface area contributed by atoms with E-state index in [0.29, 0.717) is 11.8 Å². The molecule has 0 aromatic carbocycles. The van der Waals surface area contributed by atoms with Crippen LogP contribution in [-0.2, 0) is 0 Å². The summed E-state index contributed by atoms with van der Waals surface area (Å²) in [5, 5.41) is 1.28. The van der Waals surface area contributed by atoms with E-state index in [4.69, 9.17) is 0 Å². The zero-order valence-corrected chi connectivity index (χ0v) is 10.4. The first-order valence-corrected chi connectivity index (χ1v) is 6.12. The molecule has 0 amide bonds. The molecule has 0 atom stereocenters. The van der Waals surface area contributed by atoms with Gasteiger partial charge in [-0.15, -0.1) is 0 Å². The van der Waals surface area contributed by atoms with E-state index < -0.39 is 0 Å². The summed E-state index contributed by atoms with van der Waals surface area (Å²) in [7, 11) is 0. The molecule has 0 radical (unpaired) electrons. The lowest BCUT2D eigenvalue weighted by molar-refractivity contribution is 0.836. The van der Waals surface area contributed by atoms with Crippen LogP contribution in [0.15, 0.2) is 12.3 Å². The molecular weight excluding hydrogens is 204 g/mol. The molecule has 80 valence electrons. The van der Waals surface area contributed by atoms with Crippen molar-refractivity contribution in [2.24, 2.45) is 0 Å². The SMILES string of the molecule is CC(C)c1ccnc2snc(C(C)C)c12. The van der Waals surface area contributed by atoms with Gasteiger partial charge >= 0.3 is 0 Å². The smallest absolute Gasteiger partial charge is 0.143 e. The molecule has 2 aromatic heterocycles. The molecule has 0 aliphatic carbocycles. The fourth-order valence-corrected chi connectivity index (χ4v) is 2.71. The van der Waals surface area contributed by atoms with Crippen LogP contribution in [0.1, 0.15) is 50.8 Å². The van der Waals surface area contributed by atoms with Crippen LogP contribution in [0.2, 0.25) is 0 Å². The Kier molecular flexibility index (Phi) is 2.74. The van der Waals surface area contributed by atoms with Crippen molar-refractivity contribution in [1.82, 2.24) is 9.36 Å². The number of rotatable bonds is 2. The van der Waals surface area contributed by atoms with E-state index in [2.05, 4.69) is 43.1 Å². The number of hydrogen-bond acceptors (Lipinski definition) is 3. The molecule has 0 unspecified atom stereocenters. The van der Waals surface area contributed by atoms with Gasteiger partial charge in [0.05, 0.1) is 5.69 Å². The van der Waals surface area contributed by atoms with Gasteiger partial charge in [0.25, 0.3) is 0 Å². The summed E-state index contributed by atoms with van der Waals surface area (Å²) in [4.78, 5) is 5.46. The van der Waals surface area contributed by atoms with Crippen LogP contribution in [0.4, 0.5) is 0 Å². The third kappa shape index (κ3) is 1.76. The van der Waals surface area contributed by atoms with Gasteiger partial charge in [-0.1, -0.05) is 27.7 Å². The van der Waals surface area contributed by atoms with Crippen molar-refractivity contribution in [3.8, 4) is 0 Å². The summed E-state index contributed by atoms with van der Waals surface area (Å²) in [5.41, 5.74) is 2.57. The zero-order chi connectivity index (χ0) is 11.0. The van der Waals surface area contributed by atoms with Gasteiger partial charge in [0.15, 0.2) is 0 Å². The second-order valence-electron chi connectivity index (χ2n) is 4.46. The Morgan fingerprint density at radius 1 is 1.13 bits per heavy atom. The summed E-state index contributed by atoms with van der Waals surface area (Å²) >= 11 is 1.51. The molecule has 0 aliphatic heterocycles. The van der Waals surface area contributed by atoms with Crippen molar-refractivity contribution in [2.45, 2.75) is 39.5 Å². The monoisotopic (exact) mass is 220 g/mol. The van der Waals surface area contributed by atoms with Crippen LogP contribution in [-0.4, -0.2) is 9.36 Å². The van der Waals surface area contributed by atoms with E-state index in [9.17, 15) is 0 Å². The molecule has 0 saturated heterocycles. The molecule has 2 heterocycles. The lowest BCUT2D eigenvalue weighted by Gasteiger charge is -2.09. The number of fused-ring (bicyclic) bond motifs is 1. The van der Waals surface area contributed by atoms with Crippen molar-refractivity contribution in [1.29, 1.82) is 0 Å². The average Bonchev–Trinajstić information content (AvgIpc) is 2.60. The van der Waals surface area contributed by atoms with Crippen LogP contribution >= 0.6 is 11.5 Å². The van der Waals surface area contributed by atoms with E-state index in [-0.39, 0.29) is 0 Å². The van der Waals surface area contributed by atoms with Crippen molar-refractivity contribution in [3.63, 3.8) is 0 Å². The highest BCUT2D eigenvalue weighted by Crippen LogP contribution is 2.32. The number of nitrogens with zero attached hydrogens (tertiary/aromatic N) is 2. The lowest BCUT2D eigenvalue weighted by atomic mass is 9.97. The van der Waals surface area contributed by atoms with E-state index in [1.165, 1.54) is 28.2 Å². The molecular formula is C12H16N2S. The first-order chi connectivity index (χ1) is 7.11. The Hall–Kier alpha value is -0.960. The first-order valence-electron chi connectivity index (χ1n) is 5.35. The molecule has 0 fully saturated rings. The lowest BCUT2D eigenvalue weighted by Crippen LogP contribution is -1.94. The summed E-state index contributed by atoms with van der Waals surface area (Å²) < 4.78 is 4.52. The van der Waals surface area contributed by atoms with Gasteiger partial charge in [0.2, 0.25) is 0 Å². The van der Waals surface area contributed by atoms with Gasteiger partial charge in [-0.2, -0.15) is 4.37 Å². The minimum absolute atomic E-state index is 0.473. The Morgan fingerprint density at radius 3 is 2.47 bits per heavy atom. The highest BCUT2D eigenvalue weighted by molar-refractivity contribution is 7.13. The van der Waals surface area contributed by atoms with E-state index in [1.807, 2.05) is 6.20 Å². The minimum Gasteiger partial charge on any atom is -0.244 e. The fourth-order valence-electron chi connectivity index (χ4n) is 1.80. The van der Waals surface area contributed by atoms with Crippen LogP contribution < -0.4 is 0 Å². The molecule has 0 bridgehead atoms. The van der Waals surface area contributed by atoms with Crippen LogP contribution in [0.25, 0.3) is 10.2 Å². The fraction of sp³-hybridized carbons (Fsp3) is 0.500. The largest absolute Gasteiger partial charge is 0.244 e. The topological polar surface area (TPSA) is 25.8 Å². The predicted octanol–water partition coefficient (Wildman–Crippen LogP) is 3.94. The Labute approximate surface area is 94.5 Å². The molecule has 15 heavy (non-hydrogen) atoms. The standard InChI is InChI=1S/C12H16N2S/c1-7(2)9-5-6-13-12-10(9)11(8(3)4)14-15-12/h5-8H,1-4H3. The molecule has 3 heteroatoms. The van der Waals surface area contributed by atoms with Gasteiger partial charge in [0, 0.05) is 11.6 Å². The normalized spacial score (nSPS) is 11.9. The molecule has 0 N–H and O–H groups in total. The van der Waals surface area contributed by atoms with E-state index in [0.717, 1.165) is 4.83 Å². The highest BCUT2D eigenvalue weighted by Gasteiger charge is 2.15. The maximum Gasteiger partial charge on any atom is 0.143 e. The van der Waals surface area contributed by atoms with Crippen LogP contribution in [0.5, 0.6) is 0 Å². The van der Waals surface area contributed by atoms with Crippen molar-refractivity contribution in [3.05, 3.63) is 23.5 Å². The van der Waals surface area contributed by atoms with Gasteiger partial charge < -0.3 is 0 Å². The average molecular weight is 220 g/mol. The highest BCUT2D eigenvalue weighted by atomic mass is 32.1. The zero-order valence-electron chi connectivity index (χ0n) is 9.61. The maximum absolute atomic E-state index is 4.52. The Morgan fingerprint density at radius 2 is 1.87 bits per heavy atom. The molecule has 2 nitrogen and oxygen atoms in total. The molecule has 0 saturated carbocycles. The van der Waals surface area contributed by atoms with Crippen LogP contribution in [0.3, 0.4) is 0 Å². The molecule has 0 aliphatic rings. The summed E-state index contributed by atoms with van der Waals surface area (Å²) in [6, 6.07) is 2.12. The summed E-state index contributed by atoms with van der Waals surface area (Å²) in [6.07, 6.45) is 1.89. The maximum atomic E-state index is 4.52. The van der Waals surface area contributed by atoms with Crippen molar-refractivity contribution < 1.29 is 0 Å². The van der Waals surface area contributed by atoms with E-state index >= 15 is 0 Å². The molecule has 0 spiro atoms. The third-order valence-corrected chi connectivity index (χ3v) is 3.37. The van der Waals surface area contributed by atoms with Crippen molar-refractivity contribution in [2.75, 3.05) is 0 Å². The van der Waals surface area contributed by atoms with Crippen molar-refractivity contribution >= 4 is 21.7 Å². The molecule has 2 rings (SSSR count).